The largest absolute Gasteiger partial charge is 0.450 e. The van der Waals surface area contributed by atoms with E-state index < -0.39 is 5.97 Å². The molecule has 0 radical (unpaired) electrons. The van der Waals surface area contributed by atoms with Gasteiger partial charge in [-0.3, -0.25) is 4.79 Å². The van der Waals surface area contributed by atoms with Crippen molar-refractivity contribution in [3.63, 3.8) is 0 Å². The van der Waals surface area contributed by atoms with Crippen LogP contribution in [-0.2, 0) is 16.1 Å². The average Bonchev–Trinajstić information content (AvgIpc) is 3.06. The van der Waals surface area contributed by atoms with Gasteiger partial charge in [-0.2, -0.15) is 4.98 Å². The van der Waals surface area contributed by atoms with Crippen LogP contribution in [0.2, 0.25) is 0 Å². The lowest BCUT2D eigenvalue weighted by molar-refractivity contribution is -0.133. The minimum absolute atomic E-state index is 0.125. The Hall–Kier alpha value is -3.29. The SMILES string of the molecule is Cc1ccnc2nc(C(=O)OCC(=O)N(C)Cc3ccccc3)nn12. The summed E-state index contributed by atoms with van der Waals surface area (Å²) in [5.41, 5.74) is 1.78. The number of fused-ring (bicyclic) bond motifs is 1. The van der Waals surface area contributed by atoms with Crippen LogP contribution >= 0.6 is 0 Å². The average molecular weight is 339 g/mol. The summed E-state index contributed by atoms with van der Waals surface area (Å²) in [6, 6.07) is 11.3. The van der Waals surface area contributed by atoms with Crippen molar-refractivity contribution in [2.75, 3.05) is 13.7 Å². The molecule has 1 amide bonds. The van der Waals surface area contributed by atoms with Gasteiger partial charge in [0.05, 0.1) is 0 Å². The van der Waals surface area contributed by atoms with Gasteiger partial charge in [-0.1, -0.05) is 30.3 Å². The summed E-state index contributed by atoms with van der Waals surface area (Å²) < 4.78 is 6.47. The van der Waals surface area contributed by atoms with Crippen LogP contribution in [0.1, 0.15) is 21.9 Å². The number of amides is 1. The molecule has 2 heterocycles. The molecule has 1 aromatic carbocycles. The van der Waals surface area contributed by atoms with Crippen LogP contribution in [0, 0.1) is 6.92 Å². The fourth-order valence-electron chi connectivity index (χ4n) is 2.24. The van der Waals surface area contributed by atoms with Crippen LogP contribution < -0.4 is 0 Å². The lowest BCUT2D eigenvalue weighted by Gasteiger charge is -2.16. The molecule has 3 rings (SSSR count). The van der Waals surface area contributed by atoms with Crippen molar-refractivity contribution in [1.82, 2.24) is 24.5 Å². The Kier molecular flexibility index (Phi) is 4.69. The van der Waals surface area contributed by atoms with Crippen LogP contribution in [-0.4, -0.2) is 50.0 Å². The van der Waals surface area contributed by atoms with Crippen LogP contribution in [0.15, 0.2) is 42.6 Å². The number of aryl methyl sites for hydroxylation is 1. The van der Waals surface area contributed by atoms with Crippen molar-refractivity contribution in [3.8, 4) is 0 Å². The molecule has 128 valence electrons. The molecular formula is C17H17N5O3. The molecule has 2 aromatic heterocycles. The first kappa shape index (κ1) is 16.6. The normalized spacial score (nSPS) is 10.6. The highest BCUT2D eigenvalue weighted by Gasteiger charge is 2.18. The van der Waals surface area contributed by atoms with E-state index in [2.05, 4.69) is 15.1 Å². The first-order valence-electron chi connectivity index (χ1n) is 7.68. The number of nitrogens with zero attached hydrogens (tertiary/aromatic N) is 5. The Morgan fingerprint density at radius 2 is 1.96 bits per heavy atom. The van der Waals surface area contributed by atoms with E-state index in [4.69, 9.17) is 4.74 Å². The lowest BCUT2D eigenvalue weighted by atomic mass is 10.2. The topological polar surface area (TPSA) is 89.7 Å². The van der Waals surface area contributed by atoms with Crippen molar-refractivity contribution in [2.45, 2.75) is 13.5 Å². The second-order valence-corrected chi connectivity index (χ2v) is 5.54. The van der Waals surface area contributed by atoms with Gasteiger partial charge in [-0.15, -0.1) is 5.10 Å². The van der Waals surface area contributed by atoms with Crippen LogP contribution in [0.3, 0.4) is 0 Å². The van der Waals surface area contributed by atoms with Gasteiger partial charge < -0.3 is 9.64 Å². The predicted octanol–water partition coefficient (Wildman–Crippen LogP) is 1.25. The minimum atomic E-state index is -0.758. The third kappa shape index (κ3) is 3.79. The smallest absolute Gasteiger partial charge is 0.378 e. The summed E-state index contributed by atoms with van der Waals surface area (Å²) >= 11 is 0. The summed E-state index contributed by atoms with van der Waals surface area (Å²) in [7, 11) is 1.65. The Balaban J connectivity index is 1.59. The van der Waals surface area contributed by atoms with E-state index in [1.165, 1.54) is 9.42 Å². The monoisotopic (exact) mass is 339 g/mol. The number of likely N-dealkylation sites (N-methyl/N-ethyl adjacent to an activating group) is 1. The highest BCUT2D eigenvalue weighted by molar-refractivity contribution is 5.88. The first-order chi connectivity index (χ1) is 12.0. The van der Waals surface area contributed by atoms with Crippen molar-refractivity contribution in [3.05, 3.63) is 59.7 Å². The van der Waals surface area contributed by atoms with Crippen molar-refractivity contribution in [2.24, 2.45) is 0 Å². The standard InChI is InChI=1S/C17H17N5O3/c1-12-8-9-18-17-19-15(20-22(12)17)16(24)25-11-14(23)21(2)10-13-6-4-3-5-7-13/h3-9H,10-11H2,1-2H3. The molecule has 0 fully saturated rings. The molecule has 0 aliphatic heterocycles. The molecule has 0 spiro atoms. The van der Waals surface area contributed by atoms with E-state index >= 15 is 0 Å². The summed E-state index contributed by atoms with van der Waals surface area (Å²) in [6.07, 6.45) is 1.58. The number of aromatic nitrogens is 4. The number of rotatable bonds is 5. The Bertz CT molecular complexity index is 907. The van der Waals surface area contributed by atoms with E-state index in [1.54, 1.807) is 19.3 Å². The van der Waals surface area contributed by atoms with Crippen LogP contribution in [0.5, 0.6) is 0 Å². The van der Waals surface area contributed by atoms with Gasteiger partial charge in [0.1, 0.15) is 0 Å². The summed E-state index contributed by atoms with van der Waals surface area (Å²) in [4.78, 5) is 33.7. The van der Waals surface area contributed by atoms with Gasteiger partial charge in [-0.25, -0.2) is 14.3 Å². The number of carbonyl (C=O) groups is 2. The molecule has 0 aliphatic carbocycles. The maximum atomic E-state index is 12.1. The molecule has 8 nitrogen and oxygen atoms in total. The zero-order chi connectivity index (χ0) is 17.8. The predicted molar refractivity (Wildman–Crippen MR) is 88.7 cm³/mol. The van der Waals surface area contributed by atoms with Crippen molar-refractivity contribution >= 4 is 17.7 Å². The van der Waals surface area contributed by atoms with E-state index in [0.717, 1.165) is 11.3 Å². The highest BCUT2D eigenvalue weighted by Crippen LogP contribution is 2.05. The van der Waals surface area contributed by atoms with Gasteiger partial charge in [0.25, 0.3) is 17.5 Å². The zero-order valence-corrected chi connectivity index (χ0v) is 13.9. The van der Waals surface area contributed by atoms with Gasteiger partial charge in [0, 0.05) is 25.5 Å². The quantitative estimate of drug-likeness (QED) is 0.650. The van der Waals surface area contributed by atoms with Gasteiger partial charge in [-0.05, 0) is 18.6 Å². The van der Waals surface area contributed by atoms with Crippen molar-refractivity contribution < 1.29 is 14.3 Å². The second-order valence-electron chi connectivity index (χ2n) is 5.54. The van der Waals surface area contributed by atoms with Gasteiger partial charge >= 0.3 is 5.97 Å². The third-order valence-corrected chi connectivity index (χ3v) is 3.63. The highest BCUT2D eigenvalue weighted by atomic mass is 16.5. The minimum Gasteiger partial charge on any atom is -0.450 e. The molecular weight excluding hydrogens is 322 g/mol. The van der Waals surface area contributed by atoms with Crippen LogP contribution in [0.4, 0.5) is 0 Å². The summed E-state index contributed by atoms with van der Waals surface area (Å²) in [5.74, 6) is -0.888. The molecule has 0 aliphatic rings. The molecule has 0 unspecified atom stereocenters. The van der Waals surface area contributed by atoms with Crippen molar-refractivity contribution in [1.29, 1.82) is 0 Å². The third-order valence-electron chi connectivity index (χ3n) is 3.63. The van der Waals surface area contributed by atoms with Crippen LogP contribution in [0.25, 0.3) is 5.78 Å². The Labute approximate surface area is 144 Å². The zero-order valence-electron chi connectivity index (χ0n) is 13.9. The lowest BCUT2D eigenvalue weighted by Crippen LogP contribution is -2.31. The van der Waals surface area contributed by atoms with E-state index in [1.807, 2.05) is 37.3 Å². The molecule has 0 saturated carbocycles. The number of hydrogen-bond donors (Lipinski definition) is 0. The molecule has 0 N–H and O–H groups in total. The number of hydrogen-bond acceptors (Lipinski definition) is 6. The Morgan fingerprint density at radius 1 is 1.20 bits per heavy atom. The summed E-state index contributed by atoms with van der Waals surface area (Å²) in [6.45, 7) is 1.89. The fraction of sp³-hybridized carbons (Fsp3) is 0.235. The molecule has 0 bridgehead atoms. The Morgan fingerprint density at radius 3 is 2.68 bits per heavy atom. The number of benzene rings is 1. The first-order valence-corrected chi connectivity index (χ1v) is 7.68. The van der Waals surface area contributed by atoms with E-state index in [9.17, 15) is 9.59 Å². The second kappa shape index (κ2) is 7.08. The summed E-state index contributed by atoms with van der Waals surface area (Å²) in [5, 5.41) is 4.05. The van der Waals surface area contributed by atoms with Gasteiger partial charge in [0.15, 0.2) is 6.61 Å². The number of esters is 1. The molecule has 0 atom stereocenters. The van der Waals surface area contributed by atoms with Gasteiger partial charge in [0.2, 0.25) is 0 Å². The molecule has 3 aromatic rings. The molecule has 0 saturated heterocycles. The fourth-order valence-corrected chi connectivity index (χ4v) is 2.24. The maximum absolute atomic E-state index is 12.1. The molecule has 25 heavy (non-hydrogen) atoms. The van der Waals surface area contributed by atoms with E-state index in [0.29, 0.717) is 12.3 Å². The van der Waals surface area contributed by atoms with E-state index in [-0.39, 0.29) is 18.3 Å². The number of ether oxygens (including phenoxy) is 1. The molecule has 8 heteroatoms. The maximum Gasteiger partial charge on any atom is 0.378 e. The number of carbonyl (C=O) groups excluding carboxylic acids is 2.